The van der Waals surface area contributed by atoms with Crippen molar-refractivity contribution in [2.75, 3.05) is 25.1 Å². The summed E-state index contributed by atoms with van der Waals surface area (Å²) >= 11 is 8.04. The maximum atomic E-state index is 14.1. The minimum absolute atomic E-state index is 0.177. The quantitative estimate of drug-likeness (QED) is 0.550. The fourth-order valence-corrected chi connectivity index (χ4v) is 2.67. The van der Waals surface area contributed by atoms with Gasteiger partial charge < -0.3 is 15.8 Å². The molecular weight excluding hydrogens is 343 g/mol. The number of benzene rings is 1. The van der Waals surface area contributed by atoms with E-state index < -0.39 is 0 Å². The second-order valence-corrected chi connectivity index (χ2v) is 6.18. The molecule has 1 aromatic rings. The predicted octanol–water partition coefficient (Wildman–Crippen LogP) is 3.45. The first-order chi connectivity index (χ1) is 9.59. The third kappa shape index (κ3) is 4.40. The first-order valence-electron chi connectivity index (χ1n) is 6.69. The Hall–Kier alpha value is -0.720. The average Bonchev–Trinajstić information content (AvgIpc) is 3.22. The van der Waals surface area contributed by atoms with Crippen LogP contribution in [-0.2, 0) is 4.74 Å². The standard InChI is InChI=1S/C14H18BrFN2OS/c15-12-10(14(17)20)4-5-11(13(12)16)18-6-1-7-19-8-9-2-3-9/h4-5,9,18H,1-3,6-8H2,(H2,17,20). The van der Waals surface area contributed by atoms with Crippen LogP contribution >= 0.6 is 28.1 Å². The highest BCUT2D eigenvalue weighted by molar-refractivity contribution is 9.10. The number of hydrogen-bond acceptors (Lipinski definition) is 3. The Labute approximate surface area is 132 Å². The van der Waals surface area contributed by atoms with Crippen molar-refractivity contribution >= 4 is 38.8 Å². The van der Waals surface area contributed by atoms with Gasteiger partial charge in [0.1, 0.15) is 4.99 Å². The van der Waals surface area contributed by atoms with Gasteiger partial charge in [0.2, 0.25) is 0 Å². The summed E-state index contributed by atoms with van der Waals surface area (Å²) in [6.07, 6.45) is 3.44. The molecule has 1 aliphatic rings. The van der Waals surface area contributed by atoms with E-state index in [0.717, 1.165) is 18.9 Å². The second kappa shape index (κ2) is 7.33. The molecule has 0 heterocycles. The molecular formula is C14H18BrFN2OS. The number of hydrogen-bond donors (Lipinski definition) is 2. The summed E-state index contributed by atoms with van der Waals surface area (Å²) in [6.45, 7) is 2.24. The summed E-state index contributed by atoms with van der Waals surface area (Å²) in [5.74, 6) is 0.415. The highest BCUT2D eigenvalue weighted by Gasteiger charge is 2.20. The first-order valence-corrected chi connectivity index (χ1v) is 7.89. The topological polar surface area (TPSA) is 47.3 Å². The number of thiocarbonyl (C=S) groups is 1. The first kappa shape index (κ1) is 15.7. The number of halogens is 2. The van der Waals surface area contributed by atoms with Gasteiger partial charge in [0.05, 0.1) is 10.2 Å². The van der Waals surface area contributed by atoms with Gasteiger partial charge in [-0.05, 0) is 53.2 Å². The van der Waals surface area contributed by atoms with E-state index >= 15 is 0 Å². The summed E-state index contributed by atoms with van der Waals surface area (Å²) < 4.78 is 19.9. The molecule has 0 bridgehead atoms. The van der Waals surface area contributed by atoms with Crippen LogP contribution < -0.4 is 11.1 Å². The van der Waals surface area contributed by atoms with E-state index in [2.05, 4.69) is 21.2 Å². The van der Waals surface area contributed by atoms with Crippen molar-refractivity contribution in [2.45, 2.75) is 19.3 Å². The lowest BCUT2D eigenvalue weighted by Crippen LogP contribution is -2.13. The monoisotopic (exact) mass is 360 g/mol. The lowest BCUT2D eigenvalue weighted by molar-refractivity contribution is 0.124. The van der Waals surface area contributed by atoms with Crippen LogP contribution in [0.15, 0.2) is 16.6 Å². The molecule has 1 aromatic carbocycles. The van der Waals surface area contributed by atoms with E-state index in [0.29, 0.717) is 28.9 Å². The van der Waals surface area contributed by atoms with Gasteiger partial charge in [-0.15, -0.1) is 0 Å². The van der Waals surface area contributed by atoms with Gasteiger partial charge in [0, 0.05) is 25.3 Å². The Bertz CT molecular complexity index is 494. The van der Waals surface area contributed by atoms with E-state index in [-0.39, 0.29) is 10.8 Å². The Morgan fingerprint density at radius 3 is 2.90 bits per heavy atom. The Morgan fingerprint density at radius 2 is 2.25 bits per heavy atom. The molecule has 1 aliphatic carbocycles. The van der Waals surface area contributed by atoms with Crippen LogP contribution in [0.3, 0.4) is 0 Å². The van der Waals surface area contributed by atoms with Crippen molar-refractivity contribution in [3.05, 3.63) is 28.0 Å². The summed E-state index contributed by atoms with van der Waals surface area (Å²) in [6, 6.07) is 3.36. The van der Waals surface area contributed by atoms with Gasteiger partial charge >= 0.3 is 0 Å². The zero-order chi connectivity index (χ0) is 14.5. The molecule has 3 N–H and O–H groups in total. The molecule has 20 heavy (non-hydrogen) atoms. The zero-order valence-corrected chi connectivity index (χ0v) is 13.5. The molecule has 3 nitrogen and oxygen atoms in total. The summed E-state index contributed by atoms with van der Waals surface area (Å²) in [5.41, 5.74) is 6.47. The van der Waals surface area contributed by atoms with Crippen molar-refractivity contribution in [3.8, 4) is 0 Å². The van der Waals surface area contributed by atoms with Gasteiger partial charge in [-0.1, -0.05) is 12.2 Å². The average molecular weight is 361 g/mol. The predicted molar refractivity (Wildman–Crippen MR) is 86.6 cm³/mol. The number of anilines is 1. The Balaban J connectivity index is 1.77. The molecule has 0 saturated heterocycles. The largest absolute Gasteiger partial charge is 0.389 e. The molecule has 2 rings (SSSR count). The minimum Gasteiger partial charge on any atom is -0.389 e. The fourth-order valence-electron chi connectivity index (χ4n) is 1.81. The summed E-state index contributed by atoms with van der Waals surface area (Å²) in [4.78, 5) is 0.177. The second-order valence-electron chi connectivity index (χ2n) is 4.95. The molecule has 0 spiro atoms. The van der Waals surface area contributed by atoms with Gasteiger partial charge in [-0.3, -0.25) is 0 Å². The van der Waals surface area contributed by atoms with Crippen LogP contribution in [-0.4, -0.2) is 24.7 Å². The lowest BCUT2D eigenvalue weighted by atomic mass is 10.2. The smallest absolute Gasteiger partial charge is 0.161 e. The van der Waals surface area contributed by atoms with Crippen molar-refractivity contribution < 1.29 is 9.13 Å². The number of ether oxygens (including phenoxy) is 1. The van der Waals surface area contributed by atoms with Crippen LogP contribution in [0, 0.1) is 11.7 Å². The molecule has 1 saturated carbocycles. The van der Waals surface area contributed by atoms with E-state index in [1.165, 1.54) is 12.8 Å². The fraction of sp³-hybridized carbons (Fsp3) is 0.500. The van der Waals surface area contributed by atoms with Gasteiger partial charge in [0.25, 0.3) is 0 Å². The highest BCUT2D eigenvalue weighted by Crippen LogP contribution is 2.29. The molecule has 1 fully saturated rings. The molecule has 110 valence electrons. The third-order valence-electron chi connectivity index (χ3n) is 3.18. The minimum atomic E-state index is -0.366. The number of nitrogens with two attached hydrogens (primary N) is 1. The van der Waals surface area contributed by atoms with E-state index in [9.17, 15) is 4.39 Å². The molecule has 0 amide bonds. The van der Waals surface area contributed by atoms with E-state index in [4.69, 9.17) is 22.7 Å². The normalized spacial score (nSPS) is 14.3. The lowest BCUT2D eigenvalue weighted by Gasteiger charge is -2.11. The molecule has 0 aromatic heterocycles. The zero-order valence-electron chi connectivity index (χ0n) is 11.1. The Kier molecular flexibility index (Phi) is 5.74. The molecule has 0 radical (unpaired) electrons. The maximum absolute atomic E-state index is 14.1. The third-order valence-corrected chi connectivity index (χ3v) is 4.17. The van der Waals surface area contributed by atoms with Crippen LogP contribution in [0.1, 0.15) is 24.8 Å². The van der Waals surface area contributed by atoms with Crippen LogP contribution in [0.2, 0.25) is 0 Å². The van der Waals surface area contributed by atoms with Crippen molar-refractivity contribution in [1.29, 1.82) is 0 Å². The maximum Gasteiger partial charge on any atom is 0.161 e. The SMILES string of the molecule is NC(=S)c1ccc(NCCCOCC2CC2)c(F)c1Br. The van der Waals surface area contributed by atoms with Crippen LogP contribution in [0.4, 0.5) is 10.1 Å². The molecule has 0 aliphatic heterocycles. The highest BCUT2D eigenvalue weighted by atomic mass is 79.9. The summed E-state index contributed by atoms with van der Waals surface area (Å²) in [5, 5.41) is 3.05. The van der Waals surface area contributed by atoms with Gasteiger partial charge in [-0.2, -0.15) is 0 Å². The van der Waals surface area contributed by atoms with E-state index in [1.807, 2.05) is 0 Å². The molecule has 6 heteroatoms. The molecule has 0 unspecified atom stereocenters. The van der Waals surface area contributed by atoms with E-state index in [1.54, 1.807) is 12.1 Å². The summed E-state index contributed by atoms with van der Waals surface area (Å²) in [7, 11) is 0. The van der Waals surface area contributed by atoms with Crippen LogP contribution in [0.25, 0.3) is 0 Å². The van der Waals surface area contributed by atoms with Crippen molar-refractivity contribution in [3.63, 3.8) is 0 Å². The van der Waals surface area contributed by atoms with Crippen LogP contribution in [0.5, 0.6) is 0 Å². The Morgan fingerprint density at radius 1 is 1.50 bits per heavy atom. The molecule has 0 atom stereocenters. The number of rotatable bonds is 8. The van der Waals surface area contributed by atoms with Crippen molar-refractivity contribution in [2.24, 2.45) is 11.7 Å². The van der Waals surface area contributed by atoms with Gasteiger partial charge in [-0.25, -0.2) is 4.39 Å². The van der Waals surface area contributed by atoms with Gasteiger partial charge in [0.15, 0.2) is 5.82 Å². The number of nitrogens with one attached hydrogen (secondary N) is 1. The van der Waals surface area contributed by atoms with Crippen molar-refractivity contribution in [1.82, 2.24) is 0 Å².